The Bertz CT molecular complexity index is 377. The normalized spacial score (nSPS) is 11.2. The summed E-state index contributed by atoms with van der Waals surface area (Å²) >= 11 is 0. The van der Waals surface area contributed by atoms with Gasteiger partial charge in [-0.1, -0.05) is 0 Å². The van der Waals surface area contributed by atoms with Crippen molar-refractivity contribution >= 4 is 11.8 Å². The number of aromatic carboxylic acids is 1. The molecule has 1 heterocycles. The van der Waals surface area contributed by atoms with Gasteiger partial charge in [-0.25, -0.2) is 9.78 Å². The van der Waals surface area contributed by atoms with Crippen molar-refractivity contribution in [2.45, 2.75) is 12.5 Å². The molecule has 6 heteroatoms. The molecule has 6 nitrogen and oxygen atoms in total. The molecule has 0 saturated heterocycles. The maximum absolute atomic E-state index is 10.7. The van der Waals surface area contributed by atoms with E-state index < -0.39 is 11.5 Å². The topological polar surface area (TPSA) is 103 Å². The predicted octanol–water partition coefficient (Wildman–Crippen LogP) is -0.0650. The van der Waals surface area contributed by atoms with Gasteiger partial charge in [-0.15, -0.1) is 0 Å². The summed E-state index contributed by atoms with van der Waals surface area (Å²) in [5.74, 6) is -0.759. The van der Waals surface area contributed by atoms with E-state index >= 15 is 0 Å². The molecule has 0 amide bonds. The highest BCUT2D eigenvalue weighted by Gasteiger charge is 2.22. The number of aromatic nitrogens is 1. The average Bonchev–Trinajstić information content (AvgIpc) is 2.29. The van der Waals surface area contributed by atoms with Gasteiger partial charge in [-0.05, 0) is 19.1 Å². The minimum atomic E-state index is -1.06. The molecule has 0 aliphatic carbocycles. The number of aliphatic hydroxyl groups is 2. The Hall–Kier alpha value is -1.66. The SMILES string of the molecule is CC(CO)(CO)Nc1cc(C(=O)O)ccn1. The molecule has 4 N–H and O–H groups in total. The lowest BCUT2D eigenvalue weighted by molar-refractivity contribution is 0.0697. The second kappa shape index (κ2) is 4.91. The number of carbonyl (C=O) groups is 1. The molecule has 0 saturated carbocycles. The van der Waals surface area contributed by atoms with Crippen molar-refractivity contribution < 1.29 is 20.1 Å². The van der Waals surface area contributed by atoms with E-state index in [9.17, 15) is 4.79 Å². The second-order valence-corrected chi connectivity index (χ2v) is 3.74. The van der Waals surface area contributed by atoms with Gasteiger partial charge in [0.05, 0.1) is 24.3 Å². The van der Waals surface area contributed by atoms with Crippen LogP contribution >= 0.6 is 0 Å². The predicted molar refractivity (Wildman–Crippen MR) is 57.4 cm³/mol. The largest absolute Gasteiger partial charge is 0.478 e. The molecule has 0 bridgehead atoms. The van der Waals surface area contributed by atoms with Crippen LogP contribution in [0.4, 0.5) is 5.82 Å². The molecule has 0 aliphatic rings. The van der Waals surface area contributed by atoms with E-state index in [1.54, 1.807) is 6.92 Å². The first-order chi connectivity index (χ1) is 7.50. The molecule has 0 aliphatic heterocycles. The van der Waals surface area contributed by atoms with Crippen molar-refractivity contribution in [3.63, 3.8) is 0 Å². The van der Waals surface area contributed by atoms with Gasteiger partial charge in [0.1, 0.15) is 5.82 Å². The fourth-order valence-electron chi connectivity index (χ4n) is 1.07. The number of nitrogens with zero attached hydrogens (tertiary/aromatic N) is 1. The van der Waals surface area contributed by atoms with Crippen LogP contribution in [-0.2, 0) is 0 Å². The lowest BCUT2D eigenvalue weighted by Gasteiger charge is -2.26. The lowest BCUT2D eigenvalue weighted by Crippen LogP contribution is -2.42. The first kappa shape index (κ1) is 12.4. The maximum Gasteiger partial charge on any atom is 0.335 e. The van der Waals surface area contributed by atoms with E-state index in [1.807, 2.05) is 0 Å². The third-order valence-electron chi connectivity index (χ3n) is 2.13. The van der Waals surface area contributed by atoms with E-state index in [4.69, 9.17) is 15.3 Å². The van der Waals surface area contributed by atoms with Gasteiger partial charge in [0.15, 0.2) is 0 Å². The molecule has 0 radical (unpaired) electrons. The first-order valence-corrected chi connectivity index (χ1v) is 4.70. The number of rotatable bonds is 5. The summed E-state index contributed by atoms with van der Waals surface area (Å²) in [7, 11) is 0. The summed E-state index contributed by atoms with van der Waals surface area (Å²) in [6, 6.07) is 2.70. The monoisotopic (exact) mass is 226 g/mol. The fraction of sp³-hybridized carbons (Fsp3) is 0.400. The number of nitrogens with one attached hydrogen (secondary N) is 1. The first-order valence-electron chi connectivity index (χ1n) is 4.70. The van der Waals surface area contributed by atoms with Crippen LogP contribution < -0.4 is 5.32 Å². The van der Waals surface area contributed by atoms with Gasteiger partial charge in [0.25, 0.3) is 0 Å². The van der Waals surface area contributed by atoms with Crippen LogP contribution in [0.25, 0.3) is 0 Å². The van der Waals surface area contributed by atoms with Crippen LogP contribution in [0.5, 0.6) is 0 Å². The number of hydrogen-bond acceptors (Lipinski definition) is 5. The molecular formula is C10H14N2O4. The average molecular weight is 226 g/mol. The van der Waals surface area contributed by atoms with Crippen LogP contribution in [0, 0.1) is 0 Å². The molecule has 0 atom stereocenters. The van der Waals surface area contributed by atoms with Crippen molar-refractivity contribution in [3.8, 4) is 0 Å². The summed E-state index contributed by atoms with van der Waals surface area (Å²) in [6.07, 6.45) is 1.35. The highest BCUT2D eigenvalue weighted by molar-refractivity contribution is 5.88. The minimum absolute atomic E-state index is 0.0933. The Morgan fingerprint density at radius 1 is 1.50 bits per heavy atom. The highest BCUT2D eigenvalue weighted by atomic mass is 16.4. The summed E-state index contributed by atoms with van der Waals surface area (Å²) in [4.78, 5) is 14.6. The zero-order valence-corrected chi connectivity index (χ0v) is 8.84. The van der Waals surface area contributed by atoms with Crippen molar-refractivity contribution in [2.24, 2.45) is 0 Å². The Balaban J connectivity index is 2.89. The molecule has 0 spiro atoms. The van der Waals surface area contributed by atoms with Crippen LogP contribution in [0.1, 0.15) is 17.3 Å². The fourth-order valence-corrected chi connectivity index (χ4v) is 1.07. The van der Waals surface area contributed by atoms with Gasteiger partial charge >= 0.3 is 5.97 Å². The Morgan fingerprint density at radius 2 is 2.12 bits per heavy atom. The molecule has 16 heavy (non-hydrogen) atoms. The standard InChI is InChI=1S/C10H14N2O4/c1-10(5-13,6-14)12-8-4-7(9(15)16)2-3-11-8/h2-4,13-14H,5-6H2,1H3,(H,11,12)(H,15,16). The van der Waals surface area contributed by atoms with Crippen LogP contribution in [-0.4, -0.2) is 45.0 Å². The Labute approximate surface area is 92.6 Å². The minimum Gasteiger partial charge on any atom is -0.478 e. The molecule has 1 rings (SSSR count). The number of hydrogen-bond donors (Lipinski definition) is 4. The molecule has 0 aromatic carbocycles. The van der Waals surface area contributed by atoms with Gasteiger partial charge in [-0.3, -0.25) is 0 Å². The van der Waals surface area contributed by atoms with Crippen LogP contribution in [0.15, 0.2) is 18.3 Å². The Kier molecular flexibility index (Phi) is 3.81. The van der Waals surface area contributed by atoms with Crippen LogP contribution in [0.2, 0.25) is 0 Å². The van der Waals surface area contributed by atoms with E-state index in [1.165, 1.54) is 18.3 Å². The number of aliphatic hydroxyl groups excluding tert-OH is 2. The van der Waals surface area contributed by atoms with E-state index in [2.05, 4.69) is 10.3 Å². The molecule has 88 valence electrons. The summed E-state index contributed by atoms with van der Waals surface area (Å²) in [5.41, 5.74) is -0.833. The van der Waals surface area contributed by atoms with Crippen molar-refractivity contribution in [2.75, 3.05) is 18.5 Å². The Morgan fingerprint density at radius 3 is 2.62 bits per heavy atom. The molecule has 0 unspecified atom stereocenters. The molecular weight excluding hydrogens is 212 g/mol. The highest BCUT2D eigenvalue weighted by Crippen LogP contribution is 2.13. The van der Waals surface area contributed by atoms with Gasteiger partial charge in [-0.2, -0.15) is 0 Å². The smallest absolute Gasteiger partial charge is 0.335 e. The van der Waals surface area contributed by atoms with Crippen molar-refractivity contribution in [1.29, 1.82) is 0 Å². The number of pyridine rings is 1. The quantitative estimate of drug-likeness (QED) is 0.560. The van der Waals surface area contributed by atoms with Gasteiger partial charge in [0, 0.05) is 6.20 Å². The van der Waals surface area contributed by atoms with E-state index in [0.717, 1.165) is 0 Å². The van der Waals surface area contributed by atoms with Crippen molar-refractivity contribution in [1.82, 2.24) is 4.98 Å². The van der Waals surface area contributed by atoms with Gasteiger partial charge < -0.3 is 20.6 Å². The zero-order valence-electron chi connectivity index (χ0n) is 8.84. The molecule has 1 aromatic rings. The third-order valence-corrected chi connectivity index (χ3v) is 2.13. The summed E-state index contributed by atoms with van der Waals surface area (Å²) in [6.45, 7) is 1.02. The molecule has 0 fully saturated rings. The maximum atomic E-state index is 10.7. The molecule has 1 aromatic heterocycles. The number of anilines is 1. The summed E-state index contributed by atoms with van der Waals surface area (Å²) < 4.78 is 0. The number of carboxylic acids is 1. The van der Waals surface area contributed by atoms with Crippen molar-refractivity contribution in [3.05, 3.63) is 23.9 Å². The van der Waals surface area contributed by atoms with E-state index in [0.29, 0.717) is 5.82 Å². The zero-order chi connectivity index (χ0) is 12.2. The number of carboxylic acid groups (broad SMARTS) is 1. The van der Waals surface area contributed by atoms with E-state index in [-0.39, 0.29) is 18.8 Å². The lowest BCUT2D eigenvalue weighted by atomic mass is 10.1. The van der Waals surface area contributed by atoms with Gasteiger partial charge in [0.2, 0.25) is 0 Å². The third kappa shape index (κ3) is 2.91. The second-order valence-electron chi connectivity index (χ2n) is 3.74. The van der Waals surface area contributed by atoms with Crippen LogP contribution in [0.3, 0.4) is 0 Å². The summed E-state index contributed by atoms with van der Waals surface area (Å²) in [5, 5.41) is 29.7.